The zero-order valence-corrected chi connectivity index (χ0v) is 40.0. The van der Waals surface area contributed by atoms with Crippen molar-refractivity contribution >= 4 is 5.91 Å². The molecule has 0 radical (unpaired) electrons. The Morgan fingerprint density at radius 2 is 0.767 bits per heavy atom. The summed E-state index contributed by atoms with van der Waals surface area (Å²) in [4.78, 5) is 12.5. The number of amides is 1. The van der Waals surface area contributed by atoms with E-state index < -0.39 is 36.9 Å². The van der Waals surface area contributed by atoms with E-state index in [1.165, 1.54) is 199 Å². The van der Waals surface area contributed by atoms with Crippen molar-refractivity contribution in [2.75, 3.05) is 6.61 Å². The largest absolute Gasteiger partial charge is 0.394 e. The van der Waals surface area contributed by atoms with Crippen LogP contribution in [0.15, 0.2) is 36.5 Å². The third-order valence-electron chi connectivity index (χ3n) is 12.4. The fourth-order valence-electron chi connectivity index (χ4n) is 8.25. The Morgan fingerprint density at radius 3 is 1.15 bits per heavy atom. The van der Waals surface area contributed by atoms with Gasteiger partial charge in [-0.15, -0.1) is 0 Å². The first-order chi connectivity index (χ1) is 29.5. The van der Waals surface area contributed by atoms with Crippen LogP contribution in [0.1, 0.15) is 271 Å². The molecule has 0 aliphatic heterocycles. The summed E-state index contributed by atoms with van der Waals surface area (Å²) in [5.74, 6) is -0.599. The Hall–Kier alpha value is -1.47. The first-order valence-corrected chi connectivity index (χ1v) is 26.3. The molecule has 0 bridgehead atoms. The molecule has 0 aliphatic rings. The number of carbonyl (C=O) groups is 1. The summed E-state index contributed by atoms with van der Waals surface area (Å²) in [5.41, 5.74) is 0. The fraction of sp³-hybridized carbons (Fsp3) is 0.870. The number of rotatable bonds is 48. The van der Waals surface area contributed by atoms with Crippen LogP contribution in [0.2, 0.25) is 0 Å². The van der Waals surface area contributed by atoms with E-state index in [9.17, 15) is 25.2 Å². The van der Waals surface area contributed by atoms with Crippen molar-refractivity contribution < 1.29 is 25.2 Å². The predicted molar refractivity (Wildman–Crippen MR) is 260 cm³/mol. The van der Waals surface area contributed by atoms with E-state index in [-0.39, 0.29) is 0 Å². The smallest absolute Gasteiger partial charge is 0.249 e. The third-order valence-corrected chi connectivity index (χ3v) is 12.4. The summed E-state index contributed by atoms with van der Waals surface area (Å²) in [5, 5.41) is 43.4. The monoisotopic (exact) mass is 846 g/mol. The number of aliphatic hydroxyl groups is 4. The van der Waals surface area contributed by atoms with Crippen LogP contribution in [0, 0.1) is 0 Å². The van der Waals surface area contributed by atoms with E-state index in [1.54, 1.807) is 0 Å². The van der Waals surface area contributed by atoms with Crippen molar-refractivity contribution in [3.63, 3.8) is 0 Å². The fourth-order valence-corrected chi connectivity index (χ4v) is 8.25. The van der Waals surface area contributed by atoms with Gasteiger partial charge in [0.2, 0.25) is 5.91 Å². The number of hydrogen-bond donors (Lipinski definition) is 5. The Labute approximate surface area is 373 Å². The Kier molecular flexibility index (Phi) is 47.4. The molecule has 0 spiro atoms. The number of hydrogen-bond acceptors (Lipinski definition) is 5. The van der Waals surface area contributed by atoms with Gasteiger partial charge in [0.25, 0.3) is 0 Å². The highest BCUT2D eigenvalue weighted by Gasteiger charge is 2.28. The Morgan fingerprint density at radius 1 is 0.433 bits per heavy atom. The highest BCUT2D eigenvalue weighted by atomic mass is 16.3. The summed E-state index contributed by atoms with van der Waals surface area (Å²) in [6, 6.07) is -1.01. The number of allylic oxidation sites excluding steroid dienone is 6. The minimum absolute atomic E-state index is 0.361. The molecule has 0 aromatic rings. The molecule has 1 amide bonds. The zero-order chi connectivity index (χ0) is 43.8. The second-order valence-corrected chi connectivity index (χ2v) is 18.2. The van der Waals surface area contributed by atoms with Gasteiger partial charge in [0.05, 0.1) is 18.8 Å². The third kappa shape index (κ3) is 41.9. The van der Waals surface area contributed by atoms with Crippen molar-refractivity contribution in [1.82, 2.24) is 5.32 Å². The minimum atomic E-state index is -1.29. The molecule has 0 saturated heterocycles. The lowest BCUT2D eigenvalue weighted by molar-refractivity contribution is -0.132. The van der Waals surface area contributed by atoms with Crippen LogP contribution < -0.4 is 5.32 Å². The molecule has 0 aliphatic carbocycles. The molecule has 0 aromatic carbocycles. The van der Waals surface area contributed by atoms with E-state index in [2.05, 4.69) is 42.6 Å². The molecular weight excluding hydrogens is 743 g/mol. The van der Waals surface area contributed by atoms with Crippen LogP contribution in [-0.2, 0) is 4.79 Å². The van der Waals surface area contributed by atoms with Crippen molar-refractivity contribution in [3.8, 4) is 0 Å². The molecule has 4 atom stereocenters. The van der Waals surface area contributed by atoms with Crippen molar-refractivity contribution in [2.24, 2.45) is 0 Å². The van der Waals surface area contributed by atoms with Crippen molar-refractivity contribution in [3.05, 3.63) is 36.5 Å². The average molecular weight is 846 g/mol. The quantitative estimate of drug-likeness (QED) is 0.0309. The van der Waals surface area contributed by atoms with Crippen LogP contribution in [0.3, 0.4) is 0 Å². The van der Waals surface area contributed by atoms with Gasteiger partial charge >= 0.3 is 0 Å². The predicted octanol–water partition coefficient (Wildman–Crippen LogP) is 14.9. The molecule has 0 heterocycles. The van der Waals surface area contributed by atoms with Gasteiger partial charge in [-0.1, -0.05) is 236 Å². The first-order valence-electron chi connectivity index (χ1n) is 26.3. The summed E-state index contributed by atoms with van der Waals surface area (Å²) in [6.45, 7) is 3.80. The molecule has 6 heteroatoms. The number of nitrogens with one attached hydrogen (secondary N) is 1. The number of aliphatic hydroxyl groups excluding tert-OH is 4. The van der Waals surface area contributed by atoms with Crippen LogP contribution in [0.25, 0.3) is 0 Å². The summed E-state index contributed by atoms with van der Waals surface area (Å²) in [6.07, 6.45) is 59.9. The van der Waals surface area contributed by atoms with Crippen LogP contribution >= 0.6 is 0 Å². The SMILES string of the molecule is C/C=C/CC/C=C/CCCC(O)C(O)C(CO)NC(=O)C(O)CCCCCCCCCCCCCCCCCC/C=C\CCCCCCCCCCCCCCCCCC. The lowest BCUT2D eigenvalue weighted by Gasteiger charge is -2.27. The van der Waals surface area contributed by atoms with Crippen molar-refractivity contribution in [1.29, 1.82) is 0 Å². The number of unbranched alkanes of at least 4 members (excludes halogenated alkanes) is 34. The standard InChI is InChI=1S/C54H103NO5/c1-3-5-7-9-11-13-14-15-16-17-18-19-20-21-22-23-24-25-26-27-28-29-30-31-32-33-34-35-36-37-38-39-40-42-44-46-48-52(58)54(60)55-50(49-56)53(59)51(57)47-45-43-41-12-10-8-6-4-2/h4,6,12,25-26,41,50-53,56-59H,3,5,7-11,13-24,27-40,42-49H2,1-2H3,(H,55,60)/b6-4+,26-25-,41-12+. The molecule has 0 aromatic heterocycles. The summed E-state index contributed by atoms with van der Waals surface area (Å²) < 4.78 is 0. The number of carbonyl (C=O) groups excluding carboxylic acids is 1. The molecular formula is C54H103NO5. The van der Waals surface area contributed by atoms with Gasteiger partial charge in [0.15, 0.2) is 0 Å². The molecule has 4 unspecified atom stereocenters. The van der Waals surface area contributed by atoms with Gasteiger partial charge in [-0.05, 0) is 71.1 Å². The maximum atomic E-state index is 12.5. The highest BCUT2D eigenvalue weighted by molar-refractivity contribution is 5.80. The van der Waals surface area contributed by atoms with Crippen LogP contribution in [0.4, 0.5) is 0 Å². The maximum Gasteiger partial charge on any atom is 0.249 e. The zero-order valence-electron chi connectivity index (χ0n) is 40.0. The average Bonchev–Trinajstić information content (AvgIpc) is 3.25. The van der Waals surface area contributed by atoms with E-state index >= 15 is 0 Å². The van der Waals surface area contributed by atoms with Gasteiger partial charge in [-0.2, -0.15) is 0 Å². The lowest BCUT2D eigenvalue weighted by Crippen LogP contribution is -2.53. The van der Waals surface area contributed by atoms with E-state index in [1.807, 2.05) is 13.0 Å². The van der Waals surface area contributed by atoms with Gasteiger partial charge in [0, 0.05) is 0 Å². The first kappa shape index (κ1) is 58.5. The summed E-state index contributed by atoms with van der Waals surface area (Å²) in [7, 11) is 0. The van der Waals surface area contributed by atoms with Gasteiger partial charge < -0.3 is 25.7 Å². The van der Waals surface area contributed by atoms with E-state index in [4.69, 9.17) is 0 Å². The minimum Gasteiger partial charge on any atom is -0.394 e. The van der Waals surface area contributed by atoms with Gasteiger partial charge in [-0.25, -0.2) is 0 Å². The van der Waals surface area contributed by atoms with Crippen molar-refractivity contribution in [2.45, 2.75) is 295 Å². The highest BCUT2D eigenvalue weighted by Crippen LogP contribution is 2.17. The van der Waals surface area contributed by atoms with E-state index in [0.29, 0.717) is 19.3 Å². The molecule has 0 fully saturated rings. The molecule has 354 valence electrons. The summed E-state index contributed by atoms with van der Waals surface area (Å²) >= 11 is 0. The van der Waals surface area contributed by atoms with Crippen LogP contribution in [0.5, 0.6) is 0 Å². The van der Waals surface area contributed by atoms with E-state index in [0.717, 1.165) is 38.5 Å². The Bertz CT molecular complexity index is 950. The normalized spacial score (nSPS) is 14.2. The second kappa shape index (κ2) is 48.6. The molecule has 6 nitrogen and oxygen atoms in total. The van der Waals surface area contributed by atoms with Gasteiger partial charge in [0.1, 0.15) is 12.2 Å². The van der Waals surface area contributed by atoms with Gasteiger partial charge in [-0.3, -0.25) is 4.79 Å². The molecule has 60 heavy (non-hydrogen) atoms. The molecule has 5 N–H and O–H groups in total. The van der Waals surface area contributed by atoms with Crippen LogP contribution in [-0.4, -0.2) is 57.3 Å². The maximum absolute atomic E-state index is 12.5. The molecule has 0 rings (SSSR count). The Balaban J connectivity index is 3.48. The second-order valence-electron chi connectivity index (χ2n) is 18.2. The topological polar surface area (TPSA) is 110 Å². The lowest BCUT2D eigenvalue weighted by atomic mass is 10.00. The molecule has 0 saturated carbocycles.